The zero-order valence-corrected chi connectivity index (χ0v) is 26.4. The summed E-state index contributed by atoms with van der Waals surface area (Å²) < 4.78 is 4.75. The van der Waals surface area contributed by atoms with E-state index in [0.717, 1.165) is 41.1 Å². The maximum atomic E-state index is 10.2. The van der Waals surface area contributed by atoms with Gasteiger partial charge in [-0.1, -0.05) is 100 Å². The van der Waals surface area contributed by atoms with Gasteiger partial charge < -0.3 is 20.7 Å². The van der Waals surface area contributed by atoms with Crippen molar-refractivity contribution in [3.63, 3.8) is 0 Å². The molecule has 1 aliphatic rings. The molecule has 220 valence electrons. The van der Waals surface area contributed by atoms with Gasteiger partial charge in [-0.25, -0.2) is 0 Å². The van der Waals surface area contributed by atoms with E-state index >= 15 is 0 Å². The Morgan fingerprint density at radius 3 is 2.38 bits per heavy atom. The summed E-state index contributed by atoms with van der Waals surface area (Å²) in [4.78, 5) is 11.1. The Kier molecular flexibility index (Phi) is 21.0. The van der Waals surface area contributed by atoms with Crippen molar-refractivity contribution in [1.29, 1.82) is 0 Å². The summed E-state index contributed by atoms with van der Waals surface area (Å²) in [5, 5.41) is 10.2. The van der Waals surface area contributed by atoms with E-state index in [4.69, 9.17) is 4.74 Å². The van der Waals surface area contributed by atoms with Crippen LogP contribution < -0.4 is 16.0 Å². The number of carbonyl (C=O) groups is 1. The highest BCUT2D eigenvalue weighted by atomic mass is 32.1. The van der Waals surface area contributed by atoms with Crippen LogP contribution in [0, 0.1) is 0 Å². The Balaban J connectivity index is 0.000000772. The standard InChI is InChI=1S/C19H23NO2S.C13H22N2.C2H6/c1-3-5-6-8-18(23)13-20-19(7-4-2)17-11-9-16(10-12-17)14-22-15-21;1-5-7-8-12(6-2)13(14-4)9-10-15-11(13)3;1-2/h3,5-13,15,20,23H,4,14H2,1-2H3;5-8,11,14-15H,1,9-10H2,2-4H3;1-2H3/b5-3-,8-6-,18-13-,19-7+;8-7-,12-6+;/t;11?,13-;/m.0./s1. The molecule has 0 aliphatic carbocycles. The first-order valence-corrected chi connectivity index (χ1v) is 14.5. The van der Waals surface area contributed by atoms with E-state index in [2.05, 4.69) is 74.2 Å². The van der Waals surface area contributed by atoms with E-state index in [9.17, 15) is 4.79 Å². The van der Waals surface area contributed by atoms with E-state index in [0.29, 0.717) is 19.1 Å². The van der Waals surface area contributed by atoms with Gasteiger partial charge in [-0.3, -0.25) is 4.79 Å². The zero-order chi connectivity index (χ0) is 30.2. The van der Waals surface area contributed by atoms with Crippen LogP contribution in [-0.2, 0) is 16.1 Å². The fraction of sp³-hybridized carbons (Fsp3) is 0.382. The highest BCUT2D eigenvalue weighted by molar-refractivity contribution is 7.84. The van der Waals surface area contributed by atoms with Crippen molar-refractivity contribution >= 4 is 24.8 Å². The number of carbonyl (C=O) groups excluding carboxylic acids is 1. The van der Waals surface area contributed by atoms with Crippen LogP contribution in [0.5, 0.6) is 0 Å². The van der Waals surface area contributed by atoms with Gasteiger partial charge in [-0.05, 0) is 70.0 Å². The molecule has 0 amide bonds. The lowest BCUT2D eigenvalue weighted by Gasteiger charge is -2.34. The summed E-state index contributed by atoms with van der Waals surface area (Å²) in [5.41, 5.74) is 4.45. The summed E-state index contributed by atoms with van der Waals surface area (Å²) in [5.74, 6) is 0. The molecular formula is C34H51N3O2S. The first-order chi connectivity index (χ1) is 19.4. The maximum absolute atomic E-state index is 10.2. The predicted molar refractivity (Wildman–Crippen MR) is 178 cm³/mol. The van der Waals surface area contributed by atoms with Crippen molar-refractivity contribution in [2.24, 2.45) is 0 Å². The van der Waals surface area contributed by atoms with Gasteiger partial charge in [0.15, 0.2) is 0 Å². The largest absolute Gasteiger partial charge is 0.463 e. The van der Waals surface area contributed by atoms with Crippen molar-refractivity contribution in [3.8, 4) is 0 Å². The predicted octanol–water partition coefficient (Wildman–Crippen LogP) is 7.64. The molecule has 1 aromatic carbocycles. The lowest BCUT2D eigenvalue weighted by atomic mass is 9.82. The third-order valence-corrected chi connectivity index (χ3v) is 6.61. The number of ether oxygens (including phenoxy) is 1. The summed E-state index contributed by atoms with van der Waals surface area (Å²) >= 11 is 4.41. The number of thiol groups is 1. The number of benzene rings is 1. The molecule has 0 radical (unpaired) electrons. The minimum atomic E-state index is 0.0776. The van der Waals surface area contributed by atoms with Crippen molar-refractivity contribution < 1.29 is 9.53 Å². The molecule has 1 aliphatic heterocycles. The fourth-order valence-electron chi connectivity index (χ4n) is 4.27. The van der Waals surface area contributed by atoms with Gasteiger partial charge in [-0.2, -0.15) is 0 Å². The van der Waals surface area contributed by atoms with Crippen molar-refractivity contribution in [2.75, 3.05) is 13.6 Å². The molecule has 6 heteroatoms. The van der Waals surface area contributed by atoms with Gasteiger partial charge >= 0.3 is 0 Å². The topological polar surface area (TPSA) is 62.4 Å². The molecule has 0 bridgehead atoms. The van der Waals surface area contributed by atoms with E-state index in [1.807, 2.05) is 94.7 Å². The Morgan fingerprint density at radius 2 is 1.88 bits per heavy atom. The fourth-order valence-corrected chi connectivity index (χ4v) is 4.42. The zero-order valence-electron chi connectivity index (χ0n) is 25.5. The van der Waals surface area contributed by atoms with E-state index in [1.54, 1.807) is 0 Å². The molecule has 3 N–H and O–H groups in total. The van der Waals surface area contributed by atoms with Gasteiger partial charge in [0.25, 0.3) is 6.47 Å². The van der Waals surface area contributed by atoms with Crippen molar-refractivity contribution in [2.45, 2.75) is 72.6 Å². The molecular weight excluding hydrogens is 514 g/mol. The van der Waals surface area contributed by atoms with Gasteiger partial charge in [0.2, 0.25) is 0 Å². The number of rotatable bonds is 13. The molecule has 0 spiro atoms. The van der Waals surface area contributed by atoms with Crippen LogP contribution in [0.2, 0.25) is 0 Å². The normalized spacial score (nSPS) is 19.7. The minimum absolute atomic E-state index is 0.0776. The Morgan fingerprint density at radius 1 is 1.18 bits per heavy atom. The van der Waals surface area contributed by atoms with Crippen LogP contribution in [0.3, 0.4) is 0 Å². The summed E-state index contributed by atoms with van der Waals surface area (Å²) in [6, 6.07) is 8.35. The lowest BCUT2D eigenvalue weighted by Crippen LogP contribution is -2.52. The highest BCUT2D eigenvalue weighted by Crippen LogP contribution is 2.30. The van der Waals surface area contributed by atoms with Crippen LogP contribution in [0.25, 0.3) is 5.70 Å². The Labute approximate surface area is 249 Å². The van der Waals surface area contributed by atoms with Gasteiger partial charge in [-0.15, -0.1) is 12.6 Å². The molecule has 0 saturated carbocycles. The molecule has 1 fully saturated rings. The molecule has 1 heterocycles. The average Bonchev–Trinajstić information content (AvgIpc) is 3.37. The summed E-state index contributed by atoms with van der Waals surface area (Å²) in [6.07, 6.45) is 21.9. The lowest BCUT2D eigenvalue weighted by molar-refractivity contribution is -0.129. The number of allylic oxidation sites excluding steroid dienone is 8. The number of likely N-dealkylation sites (N-methyl/N-ethyl adjacent to an activating group) is 1. The van der Waals surface area contributed by atoms with Crippen molar-refractivity contribution in [1.82, 2.24) is 16.0 Å². The number of hydrogen-bond donors (Lipinski definition) is 4. The average molecular weight is 566 g/mol. The number of nitrogens with one attached hydrogen (secondary N) is 3. The second kappa shape index (κ2) is 22.7. The molecule has 0 aromatic heterocycles. The van der Waals surface area contributed by atoms with E-state index < -0.39 is 0 Å². The highest BCUT2D eigenvalue weighted by Gasteiger charge is 2.40. The van der Waals surface area contributed by atoms with Crippen LogP contribution >= 0.6 is 12.6 Å². The Hall–Kier alpha value is -3.06. The number of hydrogen-bond acceptors (Lipinski definition) is 6. The van der Waals surface area contributed by atoms with Crippen LogP contribution in [0.1, 0.15) is 65.5 Å². The van der Waals surface area contributed by atoms with Crippen LogP contribution in [-0.4, -0.2) is 31.6 Å². The quantitative estimate of drug-likeness (QED) is 0.112. The monoisotopic (exact) mass is 565 g/mol. The first kappa shape index (κ1) is 36.9. The van der Waals surface area contributed by atoms with E-state index in [-0.39, 0.29) is 5.54 Å². The SMILES string of the molecule is C=C/C=C\C(=C/C)[C@]1(NC)CCNC1C.CC.C\C=C/C=C\C(S)=C\N/C(=C/CC)c1ccc(COC=O)cc1. The molecule has 1 aromatic rings. The molecule has 1 saturated heterocycles. The third-order valence-electron chi connectivity index (χ3n) is 6.33. The van der Waals surface area contributed by atoms with Crippen LogP contribution in [0.4, 0.5) is 0 Å². The molecule has 2 rings (SSSR count). The molecule has 1 unspecified atom stereocenters. The minimum Gasteiger partial charge on any atom is -0.463 e. The smallest absolute Gasteiger partial charge is 0.293 e. The van der Waals surface area contributed by atoms with Gasteiger partial charge in [0.05, 0.1) is 5.54 Å². The molecule has 2 atom stereocenters. The summed E-state index contributed by atoms with van der Waals surface area (Å²) in [6.45, 7) is 17.9. The molecule has 40 heavy (non-hydrogen) atoms. The maximum Gasteiger partial charge on any atom is 0.293 e. The van der Waals surface area contributed by atoms with Crippen LogP contribution in [0.15, 0.2) is 102 Å². The summed E-state index contributed by atoms with van der Waals surface area (Å²) in [7, 11) is 2.04. The second-order valence-electron chi connectivity index (χ2n) is 8.71. The van der Waals surface area contributed by atoms with E-state index in [1.165, 1.54) is 5.57 Å². The van der Waals surface area contributed by atoms with Crippen molar-refractivity contribution in [3.05, 3.63) is 113 Å². The Bertz CT molecular complexity index is 1040. The second-order valence-corrected chi connectivity index (χ2v) is 9.23. The van der Waals surface area contributed by atoms with Gasteiger partial charge in [0, 0.05) is 22.8 Å². The first-order valence-electron chi connectivity index (χ1n) is 14.1. The third kappa shape index (κ3) is 12.9. The molecule has 5 nitrogen and oxygen atoms in total. The van der Waals surface area contributed by atoms with Gasteiger partial charge in [0.1, 0.15) is 6.61 Å².